The van der Waals surface area contributed by atoms with Crippen LogP contribution >= 0.6 is 11.3 Å². The monoisotopic (exact) mass is 345 g/mol. The Morgan fingerprint density at radius 3 is 2.96 bits per heavy atom. The fourth-order valence-electron chi connectivity index (χ4n) is 2.27. The van der Waals surface area contributed by atoms with E-state index in [4.69, 9.17) is 0 Å². The predicted molar refractivity (Wildman–Crippen MR) is 91.4 cm³/mol. The van der Waals surface area contributed by atoms with Crippen molar-refractivity contribution >= 4 is 33.6 Å². The van der Waals surface area contributed by atoms with Gasteiger partial charge in [0.05, 0.1) is 17.0 Å². The number of amides is 1. The molecular weight excluding hydrogens is 330 g/mol. The Bertz CT molecular complexity index is 844. The number of nitrogens with one attached hydrogen (secondary N) is 2. The Morgan fingerprint density at radius 2 is 2.17 bits per heavy atom. The second-order valence-electron chi connectivity index (χ2n) is 5.05. The van der Waals surface area contributed by atoms with Gasteiger partial charge in [-0.05, 0) is 6.07 Å². The summed E-state index contributed by atoms with van der Waals surface area (Å²) in [5, 5.41) is 18.6. The third kappa shape index (κ3) is 3.69. The van der Waals surface area contributed by atoms with Crippen molar-refractivity contribution in [3.05, 3.63) is 57.8 Å². The van der Waals surface area contributed by atoms with Gasteiger partial charge >= 0.3 is 0 Å². The lowest BCUT2D eigenvalue weighted by Gasteiger charge is -2.08. The number of rotatable bonds is 7. The third-order valence-corrected chi connectivity index (χ3v) is 4.12. The lowest BCUT2D eigenvalue weighted by Crippen LogP contribution is -2.30. The quantitative estimate of drug-likeness (QED) is 0.388. The molecule has 2 aromatic heterocycles. The van der Waals surface area contributed by atoms with Gasteiger partial charge in [-0.3, -0.25) is 19.3 Å². The van der Waals surface area contributed by atoms with Gasteiger partial charge in [-0.1, -0.05) is 12.1 Å². The first-order valence-electron chi connectivity index (χ1n) is 7.28. The number of carbonyl (C=O) groups is 1. The summed E-state index contributed by atoms with van der Waals surface area (Å²) in [5.74, 6) is -0.134. The molecule has 0 spiro atoms. The highest BCUT2D eigenvalue weighted by molar-refractivity contribution is 7.15. The van der Waals surface area contributed by atoms with E-state index >= 15 is 0 Å². The Hall–Kier alpha value is -2.94. The minimum absolute atomic E-state index is 0.0157. The van der Waals surface area contributed by atoms with Crippen LogP contribution in [0, 0.1) is 10.1 Å². The van der Waals surface area contributed by atoms with Crippen molar-refractivity contribution < 1.29 is 9.72 Å². The molecular formula is C15H15N5O3S. The molecule has 1 amide bonds. The molecule has 0 bridgehead atoms. The van der Waals surface area contributed by atoms with Gasteiger partial charge in [0, 0.05) is 36.9 Å². The second kappa shape index (κ2) is 7.09. The highest BCUT2D eigenvalue weighted by Gasteiger charge is 2.12. The van der Waals surface area contributed by atoms with E-state index in [0.717, 1.165) is 4.96 Å². The maximum atomic E-state index is 11.9. The van der Waals surface area contributed by atoms with E-state index in [1.165, 1.54) is 17.4 Å². The number of imidazole rings is 1. The number of thiazole rings is 1. The summed E-state index contributed by atoms with van der Waals surface area (Å²) in [7, 11) is 0. The summed E-state index contributed by atoms with van der Waals surface area (Å²) in [6.45, 7) is 0.766. The largest absolute Gasteiger partial charge is 0.378 e. The summed E-state index contributed by atoms with van der Waals surface area (Å²) in [5.41, 5.74) is 1.17. The van der Waals surface area contributed by atoms with Crippen LogP contribution in [0.4, 0.5) is 11.4 Å². The van der Waals surface area contributed by atoms with Crippen molar-refractivity contribution in [3.63, 3.8) is 0 Å². The van der Waals surface area contributed by atoms with Gasteiger partial charge in [0.2, 0.25) is 5.91 Å². The Balaban J connectivity index is 1.45. The highest BCUT2D eigenvalue weighted by Crippen LogP contribution is 2.22. The molecule has 3 aromatic rings. The number of para-hydroxylation sites is 2. The van der Waals surface area contributed by atoms with Gasteiger partial charge in [0.1, 0.15) is 5.69 Å². The van der Waals surface area contributed by atoms with E-state index in [9.17, 15) is 14.9 Å². The molecule has 0 aliphatic rings. The average molecular weight is 345 g/mol. The minimum Gasteiger partial charge on any atom is -0.378 e. The zero-order valence-corrected chi connectivity index (χ0v) is 13.5. The van der Waals surface area contributed by atoms with Crippen LogP contribution in [0.15, 0.2) is 42.0 Å². The Morgan fingerprint density at radius 1 is 1.33 bits per heavy atom. The number of benzene rings is 1. The summed E-state index contributed by atoms with van der Waals surface area (Å²) < 4.78 is 1.88. The molecule has 0 unspecified atom stereocenters. The molecule has 0 radical (unpaired) electrons. The molecule has 0 saturated heterocycles. The number of nitrogens with zero attached hydrogens (tertiary/aromatic N) is 3. The van der Waals surface area contributed by atoms with E-state index < -0.39 is 4.92 Å². The average Bonchev–Trinajstić information content (AvgIpc) is 3.13. The normalized spacial score (nSPS) is 10.7. The summed E-state index contributed by atoms with van der Waals surface area (Å²) >= 11 is 1.51. The molecule has 0 fully saturated rings. The third-order valence-electron chi connectivity index (χ3n) is 3.35. The van der Waals surface area contributed by atoms with E-state index in [1.807, 2.05) is 22.2 Å². The van der Waals surface area contributed by atoms with Gasteiger partial charge in [0.25, 0.3) is 5.69 Å². The molecule has 8 nitrogen and oxygen atoms in total. The van der Waals surface area contributed by atoms with Crippen LogP contribution in [0.2, 0.25) is 0 Å². The molecule has 1 aromatic carbocycles. The van der Waals surface area contributed by atoms with Crippen LogP contribution in [-0.4, -0.2) is 33.3 Å². The zero-order valence-electron chi connectivity index (χ0n) is 12.6. The summed E-state index contributed by atoms with van der Waals surface area (Å²) in [6, 6.07) is 6.40. The topological polar surface area (TPSA) is 102 Å². The predicted octanol–water partition coefficient (Wildman–Crippen LogP) is 2.07. The van der Waals surface area contributed by atoms with Crippen molar-refractivity contribution in [2.24, 2.45) is 0 Å². The molecule has 3 rings (SSSR count). The van der Waals surface area contributed by atoms with Crippen LogP contribution < -0.4 is 10.6 Å². The number of aromatic nitrogens is 2. The van der Waals surface area contributed by atoms with Crippen LogP contribution in [0.5, 0.6) is 0 Å². The maximum absolute atomic E-state index is 11.9. The fraction of sp³-hybridized carbons (Fsp3) is 0.200. The number of nitro groups is 1. The number of carbonyl (C=O) groups excluding carboxylic acids is 1. The van der Waals surface area contributed by atoms with Gasteiger partial charge in [-0.25, -0.2) is 4.98 Å². The van der Waals surface area contributed by atoms with E-state index in [2.05, 4.69) is 15.6 Å². The van der Waals surface area contributed by atoms with Crippen LogP contribution in [0.25, 0.3) is 4.96 Å². The minimum atomic E-state index is -0.439. The van der Waals surface area contributed by atoms with Crippen molar-refractivity contribution in [2.75, 3.05) is 18.4 Å². The molecule has 124 valence electrons. The second-order valence-corrected chi connectivity index (χ2v) is 5.93. The van der Waals surface area contributed by atoms with Crippen LogP contribution in [0.1, 0.15) is 5.69 Å². The lowest BCUT2D eigenvalue weighted by atomic mass is 10.2. The molecule has 0 saturated carbocycles. The van der Waals surface area contributed by atoms with Gasteiger partial charge < -0.3 is 10.6 Å². The Labute approximate surface area is 141 Å². The number of fused-ring (bicyclic) bond motifs is 1. The number of nitro benzene ring substituents is 1. The summed E-state index contributed by atoms with van der Waals surface area (Å²) in [6.07, 6.45) is 3.93. The molecule has 24 heavy (non-hydrogen) atoms. The first-order valence-corrected chi connectivity index (χ1v) is 8.16. The van der Waals surface area contributed by atoms with E-state index in [-0.39, 0.29) is 18.0 Å². The molecule has 2 N–H and O–H groups in total. The smallest absolute Gasteiger partial charge is 0.292 e. The van der Waals surface area contributed by atoms with E-state index in [1.54, 1.807) is 18.2 Å². The van der Waals surface area contributed by atoms with Crippen molar-refractivity contribution in [1.82, 2.24) is 14.7 Å². The van der Waals surface area contributed by atoms with Crippen molar-refractivity contribution in [3.8, 4) is 0 Å². The molecule has 0 aliphatic heterocycles. The Kier molecular flexibility index (Phi) is 4.71. The highest BCUT2D eigenvalue weighted by atomic mass is 32.1. The first-order chi connectivity index (χ1) is 11.6. The fourth-order valence-corrected chi connectivity index (χ4v) is 2.99. The van der Waals surface area contributed by atoms with E-state index in [0.29, 0.717) is 24.5 Å². The maximum Gasteiger partial charge on any atom is 0.292 e. The SMILES string of the molecule is O=C(Cc1cn2ccsc2n1)NCCNc1ccccc1[N+](=O)[O-]. The standard InChI is InChI=1S/C15H15N5O3S/c21-14(9-11-10-19-7-8-24-15(19)18-11)17-6-5-16-12-3-1-2-4-13(12)20(22)23/h1-4,7-8,10,16H,5-6,9H2,(H,17,21). The molecule has 0 aliphatic carbocycles. The summed E-state index contributed by atoms with van der Waals surface area (Å²) in [4.78, 5) is 27.6. The number of hydrogen-bond acceptors (Lipinski definition) is 6. The molecule has 2 heterocycles. The van der Waals surface area contributed by atoms with Crippen LogP contribution in [-0.2, 0) is 11.2 Å². The number of anilines is 1. The molecule has 0 atom stereocenters. The van der Waals surface area contributed by atoms with Gasteiger partial charge in [0.15, 0.2) is 4.96 Å². The number of hydrogen-bond donors (Lipinski definition) is 2. The zero-order chi connectivity index (χ0) is 16.9. The van der Waals surface area contributed by atoms with Gasteiger partial charge in [-0.2, -0.15) is 0 Å². The first kappa shape index (κ1) is 15.9. The van der Waals surface area contributed by atoms with Crippen molar-refractivity contribution in [2.45, 2.75) is 6.42 Å². The lowest BCUT2D eigenvalue weighted by molar-refractivity contribution is -0.384. The van der Waals surface area contributed by atoms with Crippen molar-refractivity contribution in [1.29, 1.82) is 0 Å². The van der Waals surface area contributed by atoms with Gasteiger partial charge in [-0.15, -0.1) is 11.3 Å². The molecule has 9 heteroatoms. The van der Waals surface area contributed by atoms with Crippen LogP contribution in [0.3, 0.4) is 0 Å².